The fraction of sp³-hybridized carbons (Fsp3) is 0.905. The summed E-state index contributed by atoms with van der Waals surface area (Å²) >= 11 is 3.68. The van der Waals surface area contributed by atoms with Gasteiger partial charge in [0.2, 0.25) is 0 Å². The molecule has 4 aliphatic carbocycles. The minimum Gasteiger partial charge on any atom is -0.380 e. The molecule has 8 atom stereocenters. The van der Waals surface area contributed by atoms with E-state index in [9.17, 15) is 14.7 Å². The first-order valence-electron chi connectivity index (χ1n) is 10.0. The predicted molar refractivity (Wildman–Crippen MR) is 100 cm³/mol. The van der Waals surface area contributed by atoms with Gasteiger partial charge in [-0.1, -0.05) is 29.8 Å². The summed E-state index contributed by atoms with van der Waals surface area (Å²) in [5.74, 6) is 2.55. The number of hydrogen-bond donors (Lipinski definition) is 1. The first-order chi connectivity index (χ1) is 11.6. The number of rotatable bonds is 1. The third-order valence-electron chi connectivity index (χ3n) is 9.19. The molecule has 4 fully saturated rings. The Kier molecular flexibility index (Phi) is 4.10. The molecular formula is C21H31BrO3. The molecule has 0 radical (unpaired) electrons. The summed E-state index contributed by atoms with van der Waals surface area (Å²) in [6, 6.07) is 0. The molecule has 0 saturated heterocycles. The highest BCUT2D eigenvalue weighted by Gasteiger charge is 2.69. The highest BCUT2D eigenvalue weighted by molar-refractivity contribution is 9.09. The van der Waals surface area contributed by atoms with Crippen LogP contribution in [-0.2, 0) is 9.59 Å². The Labute approximate surface area is 159 Å². The van der Waals surface area contributed by atoms with Crippen LogP contribution in [0.1, 0.15) is 72.1 Å². The Morgan fingerprint density at radius 1 is 1.16 bits per heavy atom. The predicted octanol–water partition coefficient (Wildman–Crippen LogP) is 4.29. The summed E-state index contributed by atoms with van der Waals surface area (Å²) in [6.45, 7) is 6.15. The summed E-state index contributed by atoms with van der Waals surface area (Å²) in [5, 5.41) is 11.4. The van der Waals surface area contributed by atoms with E-state index in [4.69, 9.17) is 0 Å². The molecule has 0 aromatic rings. The molecule has 1 N–H and O–H groups in total. The van der Waals surface area contributed by atoms with Crippen LogP contribution in [0.3, 0.4) is 0 Å². The molecule has 0 spiro atoms. The maximum absolute atomic E-state index is 12.4. The van der Waals surface area contributed by atoms with Crippen LogP contribution in [0.25, 0.3) is 0 Å². The number of halogens is 1. The summed E-state index contributed by atoms with van der Waals surface area (Å²) in [6.07, 6.45) is 7.77. The van der Waals surface area contributed by atoms with E-state index >= 15 is 0 Å². The quantitative estimate of drug-likeness (QED) is 0.655. The molecule has 0 bridgehead atoms. The molecule has 3 nitrogen and oxygen atoms in total. The van der Waals surface area contributed by atoms with E-state index in [-0.39, 0.29) is 21.4 Å². The molecule has 4 saturated carbocycles. The zero-order chi connectivity index (χ0) is 18.2. The van der Waals surface area contributed by atoms with E-state index in [0.29, 0.717) is 29.5 Å². The Hall–Kier alpha value is -0.220. The van der Waals surface area contributed by atoms with E-state index in [2.05, 4.69) is 29.8 Å². The van der Waals surface area contributed by atoms with Crippen LogP contribution in [0.5, 0.6) is 0 Å². The van der Waals surface area contributed by atoms with Gasteiger partial charge in [0.1, 0.15) is 11.4 Å². The van der Waals surface area contributed by atoms with Crippen molar-refractivity contribution in [1.29, 1.82) is 0 Å². The van der Waals surface area contributed by atoms with Crippen LogP contribution < -0.4 is 0 Å². The summed E-state index contributed by atoms with van der Waals surface area (Å²) in [5.41, 5.74) is -1.28. The zero-order valence-corrected chi connectivity index (χ0v) is 17.3. The molecule has 4 aliphatic rings. The topological polar surface area (TPSA) is 54.4 Å². The summed E-state index contributed by atoms with van der Waals surface area (Å²) in [7, 11) is 0. The third-order valence-corrected chi connectivity index (χ3v) is 10.2. The minimum atomic E-state index is -1.23. The fourth-order valence-electron chi connectivity index (χ4n) is 7.65. The van der Waals surface area contributed by atoms with E-state index in [0.717, 1.165) is 51.4 Å². The van der Waals surface area contributed by atoms with Gasteiger partial charge in [-0.25, -0.2) is 0 Å². The van der Waals surface area contributed by atoms with Gasteiger partial charge in [-0.15, -0.1) is 0 Å². The average molecular weight is 411 g/mol. The van der Waals surface area contributed by atoms with Crippen molar-refractivity contribution in [3.8, 4) is 0 Å². The van der Waals surface area contributed by atoms with Crippen molar-refractivity contribution in [2.75, 3.05) is 0 Å². The number of hydrogen-bond acceptors (Lipinski definition) is 3. The molecule has 0 heterocycles. The molecular weight excluding hydrogens is 380 g/mol. The molecule has 0 aromatic heterocycles. The second-order valence-electron chi connectivity index (χ2n) is 9.88. The van der Waals surface area contributed by atoms with Gasteiger partial charge < -0.3 is 5.11 Å². The normalized spacial score (nSPS) is 55.2. The largest absolute Gasteiger partial charge is 0.380 e. The van der Waals surface area contributed by atoms with Gasteiger partial charge in [0, 0.05) is 18.3 Å². The number of carbonyl (C=O) groups excluding carboxylic acids is 2. The van der Waals surface area contributed by atoms with Gasteiger partial charge in [-0.05, 0) is 74.5 Å². The second kappa shape index (κ2) is 5.64. The SMILES string of the molecule is CC(=O)[C@@]1(O)[C@@H](Br)C[C@@H]2[C@H]3CC[C@H]4CC(=O)CC[C@]4(C)[C@@H]3CC[C@@]21C. The molecule has 0 unspecified atom stereocenters. The minimum absolute atomic E-state index is 0.0824. The molecule has 0 aromatic carbocycles. The van der Waals surface area contributed by atoms with Crippen molar-refractivity contribution in [3.05, 3.63) is 0 Å². The number of ketones is 2. The maximum atomic E-state index is 12.4. The zero-order valence-electron chi connectivity index (χ0n) is 15.7. The van der Waals surface area contributed by atoms with Gasteiger partial charge in [0.05, 0.1) is 4.83 Å². The standard InChI is InChI=1S/C21H31BrO3/c1-12(23)21(25)18(22)11-17-15-5-4-13-10-14(24)6-8-19(13,2)16(15)7-9-20(17,21)3/h13,15-18,25H,4-11H2,1-3H3/t13-,15-,16+,17+,18-,19-,20-,21+/m0/s1. The monoisotopic (exact) mass is 410 g/mol. The van der Waals surface area contributed by atoms with Gasteiger partial charge in [-0.3, -0.25) is 9.59 Å². The Morgan fingerprint density at radius 3 is 2.56 bits per heavy atom. The van der Waals surface area contributed by atoms with Gasteiger partial charge >= 0.3 is 0 Å². The van der Waals surface area contributed by atoms with E-state index in [1.807, 2.05) is 0 Å². The fourth-order valence-corrected chi connectivity index (χ4v) is 8.90. The van der Waals surface area contributed by atoms with Crippen molar-refractivity contribution < 1.29 is 14.7 Å². The lowest BCUT2D eigenvalue weighted by molar-refractivity contribution is -0.168. The average Bonchev–Trinajstić information content (AvgIpc) is 2.77. The van der Waals surface area contributed by atoms with Crippen LogP contribution in [0.4, 0.5) is 0 Å². The van der Waals surface area contributed by atoms with Crippen LogP contribution in [0.15, 0.2) is 0 Å². The van der Waals surface area contributed by atoms with E-state index in [1.54, 1.807) is 6.92 Å². The molecule has 0 amide bonds. The smallest absolute Gasteiger partial charge is 0.163 e. The van der Waals surface area contributed by atoms with Crippen molar-refractivity contribution in [2.45, 2.75) is 82.6 Å². The Bertz CT molecular complexity index is 618. The summed E-state index contributed by atoms with van der Waals surface area (Å²) in [4.78, 5) is 24.3. The van der Waals surface area contributed by atoms with Crippen molar-refractivity contribution in [2.24, 2.45) is 34.5 Å². The first kappa shape index (κ1) is 18.2. The van der Waals surface area contributed by atoms with Crippen LogP contribution in [0, 0.1) is 34.5 Å². The highest BCUT2D eigenvalue weighted by Crippen LogP contribution is 2.68. The number of carbonyl (C=O) groups is 2. The van der Waals surface area contributed by atoms with Crippen LogP contribution in [-0.4, -0.2) is 27.1 Å². The van der Waals surface area contributed by atoms with E-state index < -0.39 is 5.60 Å². The van der Waals surface area contributed by atoms with Gasteiger partial charge in [0.15, 0.2) is 5.78 Å². The Morgan fingerprint density at radius 2 is 1.88 bits per heavy atom. The van der Waals surface area contributed by atoms with Crippen LogP contribution in [0.2, 0.25) is 0 Å². The van der Waals surface area contributed by atoms with E-state index in [1.165, 1.54) is 0 Å². The molecule has 4 heteroatoms. The molecule has 25 heavy (non-hydrogen) atoms. The number of aliphatic hydroxyl groups is 1. The molecule has 4 rings (SSSR count). The summed E-state index contributed by atoms with van der Waals surface area (Å²) < 4.78 is 0. The van der Waals surface area contributed by atoms with Crippen molar-refractivity contribution in [3.63, 3.8) is 0 Å². The third kappa shape index (κ3) is 2.19. The molecule has 0 aliphatic heterocycles. The highest BCUT2D eigenvalue weighted by atomic mass is 79.9. The number of fused-ring (bicyclic) bond motifs is 5. The maximum Gasteiger partial charge on any atom is 0.163 e. The van der Waals surface area contributed by atoms with Crippen LogP contribution >= 0.6 is 15.9 Å². The number of alkyl halides is 1. The van der Waals surface area contributed by atoms with Crippen molar-refractivity contribution in [1.82, 2.24) is 0 Å². The molecule has 140 valence electrons. The lowest BCUT2D eigenvalue weighted by Gasteiger charge is -2.60. The Balaban J connectivity index is 1.68. The second-order valence-corrected chi connectivity index (χ2v) is 11.0. The lowest BCUT2D eigenvalue weighted by Crippen LogP contribution is -2.59. The van der Waals surface area contributed by atoms with Crippen molar-refractivity contribution >= 4 is 27.5 Å². The lowest BCUT2D eigenvalue weighted by atomic mass is 9.44. The number of Topliss-reactive ketones (excluding diaryl/α,β-unsaturated/α-hetero) is 2. The van der Waals surface area contributed by atoms with Gasteiger partial charge in [-0.2, -0.15) is 0 Å². The van der Waals surface area contributed by atoms with Gasteiger partial charge in [0.25, 0.3) is 0 Å². The first-order valence-corrected chi connectivity index (χ1v) is 11.0.